The summed E-state index contributed by atoms with van der Waals surface area (Å²) in [7, 11) is 0. The molecule has 0 aliphatic carbocycles. The summed E-state index contributed by atoms with van der Waals surface area (Å²) in [6, 6.07) is 7.62. The highest BCUT2D eigenvalue weighted by atomic mass is 32.2. The fourth-order valence-electron chi connectivity index (χ4n) is 3.25. The summed E-state index contributed by atoms with van der Waals surface area (Å²) >= 11 is 1.22. The van der Waals surface area contributed by atoms with E-state index >= 15 is 0 Å². The maximum absolute atomic E-state index is 13.3. The van der Waals surface area contributed by atoms with Crippen molar-refractivity contribution >= 4 is 28.5 Å². The minimum atomic E-state index is -0.382. The predicted molar refractivity (Wildman–Crippen MR) is 117 cm³/mol. The molecule has 3 nitrogen and oxygen atoms in total. The van der Waals surface area contributed by atoms with Crippen LogP contribution in [0, 0.1) is 17.3 Å². The third kappa shape index (κ3) is 7.33. The van der Waals surface area contributed by atoms with Crippen LogP contribution in [0.5, 0.6) is 0 Å². The molecular weight excluding hydrogens is 354 g/mol. The van der Waals surface area contributed by atoms with Crippen molar-refractivity contribution in [1.82, 2.24) is 0 Å². The van der Waals surface area contributed by atoms with Crippen LogP contribution in [-0.4, -0.2) is 11.0 Å². The second kappa shape index (κ2) is 11.5. The van der Waals surface area contributed by atoms with Crippen LogP contribution in [0.25, 0.3) is 0 Å². The van der Waals surface area contributed by atoms with Crippen LogP contribution in [0.2, 0.25) is 0 Å². The van der Waals surface area contributed by atoms with E-state index in [9.17, 15) is 9.59 Å². The van der Waals surface area contributed by atoms with Gasteiger partial charge in [0.05, 0.1) is 5.69 Å². The Bertz CT molecular complexity index is 610. The van der Waals surface area contributed by atoms with E-state index in [1.807, 2.05) is 38.1 Å². The molecule has 1 amide bonds. The third-order valence-corrected chi connectivity index (χ3v) is 6.59. The number of thioether (sulfide) groups is 1. The number of benzene rings is 1. The molecule has 0 aliphatic rings. The highest BCUT2D eigenvalue weighted by Gasteiger charge is 2.34. The lowest BCUT2D eigenvalue weighted by Crippen LogP contribution is -2.35. The molecule has 1 N–H and O–H groups in total. The van der Waals surface area contributed by atoms with Gasteiger partial charge in [0.2, 0.25) is 5.91 Å². The fraction of sp³-hybridized carbons (Fsp3) is 0.652. The highest BCUT2D eigenvalue weighted by Crippen LogP contribution is 2.37. The van der Waals surface area contributed by atoms with E-state index in [0.717, 1.165) is 49.1 Å². The van der Waals surface area contributed by atoms with Crippen molar-refractivity contribution in [3.05, 3.63) is 24.3 Å². The number of hydrogen-bond donors (Lipinski definition) is 1. The van der Waals surface area contributed by atoms with E-state index in [2.05, 4.69) is 33.0 Å². The van der Waals surface area contributed by atoms with E-state index in [4.69, 9.17) is 0 Å². The Morgan fingerprint density at radius 3 is 2.30 bits per heavy atom. The minimum absolute atomic E-state index is 0.0385. The largest absolute Gasteiger partial charge is 0.325 e. The van der Waals surface area contributed by atoms with Gasteiger partial charge in [-0.3, -0.25) is 9.59 Å². The van der Waals surface area contributed by atoms with E-state index in [-0.39, 0.29) is 22.4 Å². The summed E-state index contributed by atoms with van der Waals surface area (Å²) in [6.45, 7) is 12.5. The number of hydrogen-bond acceptors (Lipinski definition) is 3. The molecule has 0 saturated heterocycles. The van der Waals surface area contributed by atoms with Crippen molar-refractivity contribution in [1.29, 1.82) is 0 Å². The summed E-state index contributed by atoms with van der Waals surface area (Å²) < 4.78 is 0. The maximum atomic E-state index is 13.3. The van der Waals surface area contributed by atoms with Gasteiger partial charge in [-0.25, -0.2) is 0 Å². The number of anilines is 1. The molecule has 152 valence electrons. The molecular formula is C23H37NO2S. The number of amides is 1. The van der Waals surface area contributed by atoms with Crippen molar-refractivity contribution < 1.29 is 9.59 Å². The maximum Gasteiger partial charge on any atom is 0.230 e. The Balaban J connectivity index is 3.02. The first-order valence-corrected chi connectivity index (χ1v) is 11.2. The Kier molecular flexibility index (Phi) is 10.1. The monoisotopic (exact) mass is 391 g/mol. The van der Waals surface area contributed by atoms with Gasteiger partial charge in [-0.2, -0.15) is 0 Å². The van der Waals surface area contributed by atoms with Crippen LogP contribution in [0.3, 0.4) is 0 Å². The molecule has 1 unspecified atom stereocenters. The number of carbonyl (C=O) groups is 2. The van der Waals surface area contributed by atoms with E-state index in [0.29, 0.717) is 5.92 Å². The zero-order chi connectivity index (χ0) is 20.4. The SMILES string of the molecule is CCCCC(C)(CC(CC)CC)C(=O)Nc1ccccc1SC(=O)C(C)C. The first kappa shape index (κ1) is 23.7. The Labute approximate surface area is 170 Å². The molecule has 1 atom stereocenters. The van der Waals surface area contributed by atoms with Crippen molar-refractivity contribution in [2.75, 3.05) is 5.32 Å². The smallest absolute Gasteiger partial charge is 0.230 e. The molecule has 0 radical (unpaired) electrons. The molecule has 0 aliphatic heterocycles. The second-order valence-electron chi connectivity index (χ2n) is 8.08. The van der Waals surface area contributed by atoms with Crippen molar-refractivity contribution in [3.8, 4) is 0 Å². The lowest BCUT2D eigenvalue weighted by atomic mass is 9.75. The van der Waals surface area contributed by atoms with Gasteiger partial charge in [0.1, 0.15) is 0 Å². The topological polar surface area (TPSA) is 46.2 Å². The lowest BCUT2D eigenvalue weighted by molar-refractivity contribution is -0.126. The van der Waals surface area contributed by atoms with Crippen LogP contribution in [0.15, 0.2) is 29.2 Å². The van der Waals surface area contributed by atoms with E-state index < -0.39 is 0 Å². The average molecular weight is 392 g/mol. The molecule has 0 saturated carbocycles. The molecule has 0 spiro atoms. The van der Waals surface area contributed by atoms with Crippen LogP contribution >= 0.6 is 11.8 Å². The van der Waals surface area contributed by atoms with Gasteiger partial charge in [-0.05, 0) is 42.7 Å². The normalized spacial score (nSPS) is 13.6. The van der Waals surface area contributed by atoms with Crippen LogP contribution < -0.4 is 5.32 Å². The molecule has 1 rings (SSSR count). The number of para-hydroxylation sites is 1. The van der Waals surface area contributed by atoms with E-state index in [1.165, 1.54) is 11.8 Å². The van der Waals surface area contributed by atoms with Gasteiger partial charge in [0.15, 0.2) is 5.12 Å². The Morgan fingerprint density at radius 2 is 1.74 bits per heavy atom. The van der Waals surface area contributed by atoms with E-state index in [1.54, 1.807) is 0 Å². The molecule has 4 heteroatoms. The number of unbranched alkanes of at least 4 members (excludes halogenated alkanes) is 1. The molecule has 1 aromatic rings. The van der Waals surface area contributed by atoms with Crippen molar-refractivity contribution in [3.63, 3.8) is 0 Å². The summed E-state index contributed by atoms with van der Waals surface area (Å²) in [5.41, 5.74) is 0.362. The van der Waals surface area contributed by atoms with Gasteiger partial charge >= 0.3 is 0 Å². The highest BCUT2D eigenvalue weighted by molar-refractivity contribution is 8.13. The summed E-state index contributed by atoms with van der Waals surface area (Å²) in [5, 5.41) is 3.26. The quantitative estimate of drug-likeness (QED) is 0.416. The van der Waals surface area contributed by atoms with Crippen LogP contribution in [0.4, 0.5) is 5.69 Å². The lowest BCUT2D eigenvalue weighted by Gasteiger charge is -2.32. The van der Waals surface area contributed by atoms with Crippen molar-refractivity contribution in [2.24, 2.45) is 17.3 Å². The first-order chi connectivity index (χ1) is 12.8. The predicted octanol–water partition coefficient (Wildman–Crippen LogP) is 6.92. The number of nitrogens with one attached hydrogen (secondary N) is 1. The fourth-order valence-corrected chi connectivity index (χ4v) is 4.08. The summed E-state index contributed by atoms with van der Waals surface area (Å²) in [4.78, 5) is 26.3. The zero-order valence-corrected chi connectivity index (χ0v) is 18.7. The van der Waals surface area contributed by atoms with Crippen molar-refractivity contribution in [2.45, 2.75) is 85.0 Å². The number of carbonyl (C=O) groups excluding carboxylic acids is 2. The Hall–Kier alpha value is -1.29. The molecule has 0 fully saturated rings. The molecule has 1 aromatic carbocycles. The zero-order valence-electron chi connectivity index (χ0n) is 17.9. The summed E-state index contributed by atoms with van der Waals surface area (Å²) in [5.74, 6) is 0.598. The molecule has 0 bridgehead atoms. The molecule has 0 heterocycles. The standard InChI is InChI=1S/C23H37NO2S/c1-7-10-15-23(6,16-18(8-2)9-3)22(26)24-19-13-11-12-14-20(19)27-21(25)17(4)5/h11-14,17-18H,7-10,15-16H2,1-6H3,(H,24,26). The van der Waals surface area contributed by atoms with Crippen LogP contribution in [-0.2, 0) is 9.59 Å². The molecule has 27 heavy (non-hydrogen) atoms. The second-order valence-corrected chi connectivity index (χ2v) is 9.12. The minimum Gasteiger partial charge on any atom is -0.325 e. The Morgan fingerprint density at radius 1 is 1.11 bits per heavy atom. The third-order valence-electron chi connectivity index (χ3n) is 5.34. The summed E-state index contributed by atoms with van der Waals surface area (Å²) in [6.07, 6.45) is 6.13. The van der Waals surface area contributed by atoms with Gasteiger partial charge < -0.3 is 5.32 Å². The van der Waals surface area contributed by atoms with Gasteiger partial charge in [-0.1, -0.05) is 79.4 Å². The number of rotatable bonds is 11. The van der Waals surface area contributed by atoms with Gasteiger partial charge in [0, 0.05) is 16.2 Å². The van der Waals surface area contributed by atoms with Gasteiger partial charge in [-0.15, -0.1) is 0 Å². The van der Waals surface area contributed by atoms with Crippen LogP contribution in [0.1, 0.15) is 80.1 Å². The average Bonchev–Trinajstić information content (AvgIpc) is 2.65. The first-order valence-electron chi connectivity index (χ1n) is 10.4. The molecule has 0 aromatic heterocycles. The van der Waals surface area contributed by atoms with Gasteiger partial charge in [0.25, 0.3) is 0 Å².